The summed E-state index contributed by atoms with van der Waals surface area (Å²) in [4.78, 5) is 0. The molecule has 176 valence electrons. The monoisotopic (exact) mass is 441 g/mol. The first-order valence-electron chi connectivity index (χ1n) is 13.8. The molecule has 2 aromatic carbocycles. The highest BCUT2D eigenvalue weighted by molar-refractivity contribution is 5.64. The minimum Gasteiger partial charge on any atom is -0.198 e. The van der Waals surface area contributed by atoms with Crippen LogP contribution in [0.2, 0.25) is 0 Å². The molecule has 2 fully saturated rings. The Morgan fingerprint density at radius 3 is 1.52 bits per heavy atom. The lowest BCUT2D eigenvalue weighted by atomic mass is 9.76. The first-order valence-corrected chi connectivity index (χ1v) is 13.8. The van der Waals surface area contributed by atoms with Gasteiger partial charge in [-0.15, -0.1) is 0 Å². The molecule has 0 bridgehead atoms. The number of hydrogen-bond acceptors (Lipinski definition) is 1. The third kappa shape index (κ3) is 6.72. The maximum atomic E-state index is 8.70. The Bertz CT molecular complexity index is 856. The fourth-order valence-electron chi connectivity index (χ4n) is 6.51. The van der Waals surface area contributed by atoms with E-state index in [2.05, 4.69) is 61.5 Å². The van der Waals surface area contributed by atoms with Crippen molar-refractivity contribution in [2.75, 3.05) is 0 Å². The predicted molar refractivity (Wildman–Crippen MR) is 140 cm³/mol. The van der Waals surface area contributed by atoms with E-state index in [0.717, 1.165) is 36.5 Å². The van der Waals surface area contributed by atoms with Crippen molar-refractivity contribution in [3.05, 3.63) is 59.7 Å². The van der Waals surface area contributed by atoms with E-state index in [4.69, 9.17) is 5.26 Å². The summed E-state index contributed by atoms with van der Waals surface area (Å²) in [5.41, 5.74) is 5.78. The molecule has 0 spiro atoms. The number of rotatable bonds is 9. The number of unbranched alkanes of at least 4 members (excludes halogenated alkanes) is 2. The Morgan fingerprint density at radius 1 is 0.636 bits per heavy atom. The molecular formula is C32H43N. The summed E-state index contributed by atoms with van der Waals surface area (Å²) >= 11 is 0. The van der Waals surface area contributed by atoms with E-state index in [1.165, 1.54) is 93.7 Å². The van der Waals surface area contributed by atoms with E-state index in [0.29, 0.717) is 0 Å². The summed E-state index contributed by atoms with van der Waals surface area (Å²) in [5.74, 6) is 3.38. The summed E-state index contributed by atoms with van der Waals surface area (Å²) in [7, 11) is 0. The van der Waals surface area contributed by atoms with Crippen LogP contribution in [0.5, 0.6) is 0 Å². The molecule has 0 aliphatic heterocycles. The first kappa shape index (κ1) is 24.1. The Balaban J connectivity index is 1.27. The molecule has 0 aromatic heterocycles. The molecule has 4 rings (SSSR count). The highest BCUT2D eigenvalue weighted by Gasteiger charge is 2.23. The average molecular weight is 442 g/mol. The number of nitriles is 1. The highest BCUT2D eigenvalue weighted by Crippen LogP contribution is 2.39. The third-order valence-corrected chi connectivity index (χ3v) is 8.64. The molecule has 0 saturated heterocycles. The van der Waals surface area contributed by atoms with Gasteiger partial charge in [-0.25, -0.2) is 0 Å². The summed E-state index contributed by atoms with van der Waals surface area (Å²) in [6.07, 6.45) is 18.1. The van der Waals surface area contributed by atoms with Crippen molar-refractivity contribution in [3.8, 4) is 17.2 Å². The van der Waals surface area contributed by atoms with Crippen LogP contribution < -0.4 is 0 Å². The zero-order valence-corrected chi connectivity index (χ0v) is 20.8. The quantitative estimate of drug-likeness (QED) is 0.355. The number of nitrogens with zero attached hydrogens (tertiary/aromatic N) is 1. The van der Waals surface area contributed by atoms with Gasteiger partial charge in [-0.2, -0.15) is 5.26 Å². The molecule has 0 N–H and O–H groups in total. The van der Waals surface area contributed by atoms with Gasteiger partial charge >= 0.3 is 0 Å². The van der Waals surface area contributed by atoms with Crippen LogP contribution in [0.25, 0.3) is 11.1 Å². The van der Waals surface area contributed by atoms with E-state index < -0.39 is 0 Å². The second-order valence-electron chi connectivity index (χ2n) is 10.9. The molecule has 2 aliphatic rings. The van der Waals surface area contributed by atoms with E-state index in [-0.39, 0.29) is 0 Å². The van der Waals surface area contributed by atoms with Gasteiger partial charge in [0.25, 0.3) is 0 Å². The minimum absolute atomic E-state index is 0.727. The van der Waals surface area contributed by atoms with Gasteiger partial charge in [-0.05, 0) is 104 Å². The van der Waals surface area contributed by atoms with Crippen LogP contribution in [-0.4, -0.2) is 0 Å². The molecule has 33 heavy (non-hydrogen) atoms. The van der Waals surface area contributed by atoms with Crippen molar-refractivity contribution in [1.29, 1.82) is 5.26 Å². The Morgan fingerprint density at radius 2 is 1.09 bits per heavy atom. The van der Waals surface area contributed by atoms with E-state index in [1.807, 2.05) is 0 Å². The van der Waals surface area contributed by atoms with Crippen LogP contribution in [0.3, 0.4) is 0 Å². The highest BCUT2D eigenvalue weighted by atomic mass is 14.3. The van der Waals surface area contributed by atoms with Crippen LogP contribution in [0.4, 0.5) is 0 Å². The average Bonchev–Trinajstić information content (AvgIpc) is 2.88. The smallest absolute Gasteiger partial charge is 0.0621 e. The summed E-state index contributed by atoms with van der Waals surface area (Å²) < 4.78 is 0. The van der Waals surface area contributed by atoms with E-state index in [9.17, 15) is 0 Å². The van der Waals surface area contributed by atoms with Crippen LogP contribution in [0.1, 0.15) is 120 Å². The fourth-order valence-corrected chi connectivity index (χ4v) is 6.51. The second-order valence-corrected chi connectivity index (χ2v) is 10.9. The molecule has 0 heterocycles. The summed E-state index contributed by atoms with van der Waals surface area (Å²) in [5, 5.41) is 8.70. The van der Waals surface area contributed by atoms with Crippen LogP contribution >= 0.6 is 0 Å². The fraction of sp³-hybridized carbons (Fsp3) is 0.594. The standard InChI is InChI=1S/C32H43N/c1-2-6-25-8-12-27(13-9-25)29-16-20-31(21-17-29)32-22-18-30(19-23-32)28-14-10-26(11-15-28)7-4-3-5-24-33/h16-23,25-28H,2-15H2,1H3. The molecule has 1 heteroatoms. The molecule has 0 amide bonds. The molecule has 1 nitrogen and oxygen atoms in total. The van der Waals surface area contributed by atoms with Crippen molar-refractivity contribution < 1.29 is 0 Å². The van der Waals surface area contributed by atoms with E-state index >= 15 is 0 Å². The first-order chi connectivity index (χ1) is 16.3. The van der Waals surface area contributed by atoms with Crippen LogP contribution in [0, 0.1) is 23.2 Å². The predicted octanol–water partition coefficient (Wildman–Crippen LogP) is 9.79. The minimum atomic E-state index is 0.727. The molecule has 2 aromatic rings. The van der Waals surface area contributed by atoms with Gasteiger partial charge in [0, 0.05) is 6.42 Å². The largest absolute Gasteiger partial charge is 0.198 e. The van der Waals surface area contributed by atoms with Crippen molar-refractivity contribution in [2.45, 2.75) is 109 Å². The van der Waals surface area contributed by atoms with Crippen molar-refractivity contribution >= 4 is 0 Å². The molecule has 0 radical (unpaired) electrons. The van der Waals surface area contributed by atoms with Gasteiger partial charge in [0.2, 0.25) is 0 Å². The van der Waals surface area contributed by atoms with Gasteiger partial charge in [-0.1, -0.05) is 81.1 Å². The maximum absolute atomic E-state index is 8.70. The second kappa shape index (κ2) is 12.4. The molecule has 0 atom stereocenters. The summed E-state index contributed by atoms with van der Waals surface area (Å²) in [6, 6.07) is 21.2. The Labute approximate surface area is 202 Å². The molecule has 2 aliphatic carbocycles. The molecule has 0 unspecified atom stereocenters. The van der Waals surface area contributed by atoms with Gasteiger partial charge < -0.3 is 0 Å². The molecular weight excluding hydrogens is 398 g/mol. The Kier molecular flexibility index (Phi) is 9.05. The normalized spacial score (nSPS) is 25.5. The lowest BCUT2D eigenvalue weighted by Gasteiger charge is -2.29. The molecule has 2 saturated carbocycles. The van der Waals surface area contributed by atoms with Crippen LogP contribution in [0.15, 0.2) is 48.5 Å². The SMILES string of the molecule is CCCC1CCC(c2ccc(-c3ccc(C4CCC(CCCCC#N)CC4)cc3)cc2)CC1. The lowest BCUT2D eigenvalue weighted by Crippen LogP contribution is -2.13. The Hall–Kier alpha value is -2.07. The topological polar surface area (TPSA) is 23.8 Å². The maximum Gasteiger partial charge on any atom is 0.0621 e. The zero-order valence-electron chi connectivity index (χ0n) is 20.8. The van der Waals surface area contributed by atoms with Crippen molar-refractivity contribution in [2.24, 2.45) is 11.8 Å². The van der Waals surface area contributed by atoms with Gasteiger partial charge in [0.1, 0.15) is 0 Å². The van der Waals surface area contributed by atoms with Crippen molar-refractivity contribution in [3.63, 3.8) is 0 Å². The van der Waals surface area contributed by atoms with Crippen molar-refractivity contribution in [1.82, 2.24) is 0 Å². The lowest BCUT2D eigenvalue weighted by molar-refractivity contribution is 0.303. The van der Waals surface area contributed by atoms with Gasteiger partial charge in [-0.3, -0.25) is 0 Å². The summed E-state index contributed by atoms with van der Waals surface area (Å²) in [6.45, 7) is 2.32. The van der Waals surface area contributed by atoms with Crippen LogP contribution in [-0.2, 0) is 0 Å². The number of hydrogen-bond donors (Lipinski definition) is 0. The van der Waals surface area contributed by atoms with E-state index in [1.54, 1.807) is 5.56 Å². The van der Waals surface area contributed by atoms with Gasteiger partial charge in [0.15, 0.2) is 0 Å². The third-order valence-electron chi connectivity index (χ3n) is 8.64. The number of benzene rings is 2. The van der Waals surface area contributed by atoms with Gasteiger partial charge in [0.05, 0.1) is 6.07 Å². The zero-order chi connectivity index (χ0) is 22.9.